The van der Waals surface area contributed by atoms with Crippen LogP contribution in [-0.4, -0.2) is 11.1 Å². The fourth-order valence-corrected chi connectivity index (χ4v) is 5.86. The third-order valence-corrected chi connectivity index (χ3v) is 8.43. The number of hydrogen-bond donors (Lipinski definition) is 1. The highest BCUT2D eigenvalue weighted by Crippen LogP contribution is 2.42. The van der Waals surface area contributed by atoms with E-state index in [2.05, 4.69) is 48.5 Å². The molecule has 4 unspecified atom stereocenters. The van der Waals surface area contributed by atoms with Crippen molar-refractivity contribution in [3.8, 4) is 0 Å². The van der Waals surface area contributed by atoms with Gasteiger partial charge in [0.2, 0.25) is 0 Å². The predicted molar refractivity (Wildman–Crippen MR) is 142 cm³/mol. The summed E-state index contributed by atoms with van der Waals surface area (Å²) < 4.78 is 0. The summed E-state index contributed by atoms with van der Waals surface area (Å²) in [7, 11) is 0. The summed E-state index contributed by atoms with van der Waals surface area (Å²) >= 11 is 0. The zero-order chi connectivity index (χ0) is 24.4. The molecular formula is C30H60O2. The molecule has 0 heterocycles. The van der Waals surface area contributed by atoms with E-state index in [0.717, 1.165) is 69.1 Å². The summed E-state index contributed by atoms with van der Waals surface area (Å²) in [4.78, 5) is 12.5. The van der Waals surface area contributed by atoms with E-state index in [9.17, 15) is 9.90 Å². The number of carbonyl (C=O) groups is 1. The van der Waals surface area contributed by atoms with E-state index >= 15 is 0 Å². The van der Waals surface area contributed by atoms with E-state index in [1.165, 1.54) is 57.8 Å². The molecule has 2 heteroatoms. The highest BCUT2D eigenvalue weighted by Gasteiger charge is 2.39. The summed E-state index contributed by atoms with van der Waals surface area (Å²) in [6.45, 7) is 16.1. The number of rotatable bonds is 22. The lowest BCUT2D eigenvalue weighted by Crippen LogP contribution is -2.34. The molecule has 0 bridgehead atoms. The van der Waals surface area contributed by atoms with Gasteiger partial charge in [-0.15, -0.1) is 0 Å². The van der Waals surface area contributed by atoms with Crippen LogP contribution >= 0.6 is 0 Å². The molecule has 0 aromatic rings. The number of carboxylic acids is 1. The Morgan fingerprint density at radius 3 is 1.41 bits per heavy atom. The molecule has 0 aliphatic rings. The van der Waals surface area contributed by atoms with Crippen molar-refractivity contribution < 1.29 is 9.90 Å². The molecule has 0 radical (unpaired) electrons. The van der Waals surface area contributed by atoms with Gasteiger partial charge < -0.3 is 5.11 Å². The maximum atomic E-state index is 12.5. The van der Waals surface area contributed by atoms with Gasteiger partial charge in [-0.1, -0.05) is 119 Å². The minimum Gasteiger partial charge on any atom is -0.481 e. The van der Waals surface area contributed by atoms with Crippen molar-refractivity contribution in [3.63, 3.8) is 0 Å². The van der Waals surface area contributed by atoms with Crippen LogP contribution in [0.15, 0.2) is 0 Å². The van der Waals surface area contributed by atoms with Gasteiger partial charge in [0.05, 0.1) is 5.41 Å². The van der Waals surface area contributed by atoms with Gasteiger partial charge in [0, 0.05) is 0 Å². The highest BCUT2D eigenvalue weighted by molar-refractivity contribution is 5.74. The second kappa shape index (κ2) is 18.8. The number of hydrogen-bond acceptors (Lipinski definition) is 1. The molecule has 0 fully saturated rings. The Morgan fingerprint density at radius 1 is 0.625 bits per heavy atom. The zero-order valence-corrected chi connectivity index (χ0v) is 23.2. The predicted octanol–water partition coefficient (Wildman–Crippen LogP) is 10.3. The fraction of sp³-hybridized carbons (Fsp3) is 0.967. The van der Waals surface area contributed by atoms with E-state index in [0.29, 0.717) is 5.92 Å². The Labute approximate surface area is 202 Å². The second-order valence-corrected chi connectivity index (χ2v) is 10.9. The summed E-state index contributed by atoms with van der Waals surface area (Å²) in [6.07, 6.45) is 19.9. The monoisotopic (exact) mass is 452 g/mol. The minimum atomic E-state index is -0.529. The Morgan fingerprint density at radius 2 is 1.03 bits per heavy atom. The van der Waals surface area contributed by atoms with Gasteiger partial charge in [0.25, 0.3) is 0 Å². The molecule has 2 nitrogen and oxygen atoms in total. The van der Waals surface area contributed by atoms with Crippen LogP contribution < -0.4 is 0 Å². The number of unbranched alkanes of at least 4 members (excludes halogenated alkanes) is 3. The summed E-state index contributed by atoms with van der Waals surface area (Å²) in [5.41, 5.74) is -0.497. The van der Waals surface area contributed by atoms with Gasteiger partial charge in [0.1, 0.15) is 0 Å². The molecule has 0 aliphatic carbocycles. The maximum Gasteiger partial charge on any atom is 0.309 e. The van der Waals surface area contributed by atoms with Gasteiger partial charge in [-0.25, -0.2) is 0 Å². The maximum absolute atomic E-state index is 12.5. The Hall–Kier alpha value is -0.530. The molecule has 0 saturated carbocycles. The molecule has 192 valence electrons. The van der Waals surface area contributed by atoms with Crippen molar-refractivity contribution in [2.24, 2.45) is 29.1 Å². The van der Waals surface area contributed by atoms with Crippen molar-refractivity contribution in [2.75, 3.05) is 0 Å². The number of carboxylic acid groups (broad SMARTS) is 1. The lowest BCUT2D eigenvalue weighted by Gasteiger charge is -2.35. The lowest BCUT2D eigenvalue weighted by molar-refractivity contribution is -0.151. The average molecular weight is 453 g/mol. The van der Waals surface area contributed by atoms with Crippen LogP contribution in [0, 0.1) is 29.1 Å². The van der Waals surface area contributed by atoms with E-state index in [1.807, 2.05) is 0 Å². The van der Waals surface area contributed by atoms with Crippen molar-refractivity contribution in [3.05, 3.63) is 0 Å². The van der Waals surface area contributed by atoms with E-state index in [4.69, 9.17) is 0 Å². The second-order valence-electron chi connectivity index (χ2n) is 10.9. The van der Waals surface area contributed by atoms with Crippen LogP contribution in [0.3, 0.4) is 0 Å². The van der Waals surface area contributed by atoms with Gasteiger partial charge >= 0.3 is 5.97 Å². The first-order chi connectivity index (χ1) is 15.4. The number of aliphatic carboxylic acids is 1. The van der Waals surface area contributed by atoms with Crippen LogP contribution in [0.2, 0.25) is 0 Å². The quantitative estimate of drug-likeness (QED) is 0.177. The average Bonchev–Trinajstić information content (AvgIpc) is 2.80. The van der Waals surface area contributed by atoms with Crippen LogP contribution in [0.1, 0.15) is 158 Å². The highest BCUT2D eigenvalue weighted by atomic mass is 16.4. The normalized spacial score (nSPS) is 16.0. The fourth-order valence-electron chi connectivity index (χ4n) is 5.86. The summed E-state index contributed by atoms with van der Waals surface area (Å²) in [6, 6.07) is 0. The zero-order valence-electron chi connectivity index (χ0n) is 23.2. The third-order valence-electron chi connectivity index (χ3n) is 8.43. The van der Waals surface area contributed by atoms with Crippen molar-refractivity contribution in [1.82, 2.24) is 0 Å². The van der Waals surface area contributed by atoms with Crippen LogP contribution in [0.25, 0.3) is 0 Å². The van der Waals surface area contributed by atoms with Crippen LogP contribution in [0.4, 0.5) is 0 Å². The smallest absolute Gasteiger partial charge is 0.309 e. The van der Waals surface area contributed by atoms with Crippen molar-refractivity contribution in [1.29, 1.82) is 0 Å². The molecule has 32 heavy (non-hydrogen) atoms. The van der Waals surface area contributed by atoms with Crippen molar-refractivity contribution in [2.45, 2.75) is 158 Å². The van der Waals surface area contributed by atoms with E-state index < -0.39 is 11.4 Å². The van der Waals surface area contributed by atoms with Crippen LogP contribution in [-0.2, 0) is 4.79 Å². The Balaban J connectivity index is 5.23. The van der Waals surface area contributed by atoms with Gasteiger partial charge in [-0.2, -0.15) is 0 Å². The Kier molecular flexibility index (Phi) is 18.5. The molecule has 0 aliphatic heterocycles. The molecular weight excluding hydrogens is 392 g/mol. The standard InChI is InChI=1S/C30H60O2/c1-8-15-18-25(11-4)21-26(12-5)22-27(13-6)23-28(14-7)24-30(29(31)32,19-16-9-2)20-17-10-3/h25-28H,8-24H2,1-7H3,(H,31,32). The summed E-state index contributed by atoms with van der Waals surface area (Å²) in [5, 5.41) is 10.3. The molecule has 0 amide bonds. The molecule has 0 saturated heterocycles. The lowest BCUT2D eigenvalue weighted by atomic mass is 9.69. The molecule has 0 aromatic carbocycles. The SMILES string of the molecule is CCCCC(CC)CC(CC)CC(CC)CC(CC)CC(CCCC)(CCCC)C(=O)O. The van der Waals surface area contributed by atoms with E-state index in [1.54, 1.807) is 0 Å². The van der Waals surface area contributed by atoms with Gasteiger partial charge in [-0.3, -0.25) is 4.79 Å². The van der Waals surface area contributed by atoms with Crippen LogP contribution in [0.5, 0.6) is 0 Å². The topological polar surface area (TPSA) is 37.3 Å². The van der Waals surface area contributed by atoms with Gasteiger partial charge in [-0.05, 0) is 62.2 Å². The van der Waals surface area contributed by atoms with Crippen molar-refractivity contribution >= 4 is 5.97 Å². The molecule has 0 aromatic heterocycles. The Bertz CT molecular complexity index is 436. The first kappa shape index (κ1) is 31.5. The molecule has 4 atom stereocenters. The molecule has 0 rings (SSSR count). The first-order valence-corrected chi connectivity index (χ1v) is 14.6. The van der Waals surface area contributed by atoms with Gasteiger partial charge in [0.15, 0.2) is 0 Å². The molecule has 1 N–H and O–H groups in total. The largest absolute Gasteiger partial charge is 0.481 e. The third kappa shape index (κ3) is 12.1. The molecule has 0 spiro atoms. The minimum absolute atomic E-state index is 0.497. The first-order valence-electron chi connectivity index (χ1n) is 14.6. The van der Waals surface area contributed by atoms with E-state index in [-0.39, 0.29) is 0 Å². The summed E-state index contributed by atoms with van der Waals surface area (Å²) in [5.74, 6) is 2.49.